The van der Waals surface area contributed by atoms with E-state index in [1.807, 2.05) is 30.0 Å². The van der Waals surface area contributed by atoms with Gasteiger partial charge in [0.1, 0.15) is 5.82 Å². The molecule has 0 radical (unpaired) electrons. The number of hydrogen-bond acceptors (Lipinski definition) is 4. The van der Waals surface area contributed by atoms with Crippen LogP contribution in [0.3, 0.4) is 0 Å². The van der Waals surface area contributed by atoms with E-state index < -0.39 is 0 Å². The molecule has 1 atom stereocenters. The summed E-state index contributed by atoms with van der Waals surface area (Å²) in [6.45, 7) is 7.49. The third-order valence-electron chi connectivity index (χ3n) is 3.35. The molecule has 5 heteroatoms. The predicted octanol–water partition coefficient (Wildman–Crippen LogP) is 2.40. The summed E-state index contributed by atoms with van der Waals surface area (Å²) in [6.07, 6.45) is 6.80. The van der Waals surface area contributed by atoms with Gasteiger partial charge in [0.15, 0.2) is 11.5 Å². The van der Waals surface area contributed by atoms with Gasteiger partial charge in [-0.1, -0.05) is 6.92 Å². The van der Waals surface area contributed by atoms with Crippen LogP contribution in [0.5, 0.6) is 0 Å². The van der Waals surface area contributed by atoms with E-state index >= 15 is 0 Å². The minimum Gasteiger partial charge on any atom is -0.372 e. The van der Waals surface area contributed by atoms with Crippen LogP contribution in [0.15, 0.2) is 18.6 Å². The summed E-state index contributed by atoms with van der Waals surface area (Å²) in [5, 5.41) is 3.10. The highest BCUT2D eigenvalue weighted by atomic mass is 15.3. The van der Waals surface area contributed by atoms with Gasteiger partial charge in [-0.2, -0.15) is 0 Å². The van der Waals surface area contributed by atoms with Crippen molar-refractivity contribution in [3.05, 3.63) is 18.6 Å². The van der Waals surface area contributed by atoms with E-state index in [9.17, 15) is 0 Å². The maximum Gasteiger partial charge on any atom is 0.180 e. The van der Waals surface area contributed by atoms with Crippen LogP contribution in [0.2, 0.25) is 0 Å². The Labute approximate surface area is 108 Å². The molecule has 2 rings (SSSR count). The summed E-state index contributed by atoms with van der Waals surface area (Å²) >= 11 is 0. The van der Waals surface area contributed by atoms with E-state index in [1.165, 1.54) is 0 Å². The molecule has 5 nitrogen and oxygen atoms in total. The van der Waals surface area contributed by atoms with Crippen LogP contribution in [0.1, 0.15) is 27.2 Å². The number of aromatic nitrogens is 3. The van der Waals surface area contributed by atoms with E-state index in [0.717, 1.165) is 30.2 Å². The Hall–Kier alpha value is -1.78. The molecule has 1 unspecified atom stereocenters. The maximum absolute atomic E-state index is 4.66. The van der Waals surface area contributed by atoms with Crippen molar-refractivity contribution >= 4 is 17.3 Å². The first-order chi connectivity index (χ1) is 8.71. The van der Waals surface area contributed by atoms with E-state index in [2.05, 4.69) is 41.0 Å². The second kappa shape index (κ2) is 5.25. The third kappa shape index (κ3) is 2.12. The molecular formula is C13H21N5. The monoisotopic (exact) mass is 247 g/mol. The number of nitrogens with zero attached hydrogens (tertiary/aromatic N) is 4. The molecule has 18 heavy (non-hydrogen) atoms. The standard InChI is InChI=1S/C13H21N5/c1-5-10(3)18(6-2)13-12-15-7-8-17(12)9-11(14-4)16-13/h7-10,14H,5-6H2,1-4H3. The number of nitrogens with one attached hydrogen (secondary N) is 1. The Morgan fingerprint density at radius 3 is 2.83 bits per heavy atom. The van der Waals surface area contributed by atoms with E-state index in [4.69, 9.17) is 0 Å². The van der Waals surface area contributed by atoms with Gasteiger partial charge in [-0.05, 0) is 20.3 Å². The van der Waals surface area contributed by atoms with Gasteiger partial charge in [0, 0.05) is 32.0 Å². The average molecular weight is 247 g/mol. The second-order valence-electron chi connectivity index (χ2n) is 4.40. The van der Waals surface area contributed by atoms with Crippen molar-refractivity contribution < 1.29 is 0 Å². The zero-order chi connectivity index (χ0) is 13.1. The van der Waals surface area contributed by atoms with Crippen LogP contribution in [0.25, 0.3) is 5.65 Å². The molecule has 98 valence electrons. The zero-order valence-electron chi connectivity index (χ0n) is 11.5. The molecule has 2 heterocycles. The third-order valence-corrected chi connectivity index (χ3v) is 3.35. The Kier molecular flexibility index (Phi) is 3.69. The molecule has 0 bridgehead atoms. The smallest absolute Gasteiger partial charge is 0.180 e. The Bertz CT molecular complexity index is 519. The van der Waals surface area contributed by atoms with Gasteiger partial charge < -0.3 is 14.6 Å². The number of hydrogen-bond donors (Lipinski definition) is 1. The largest absolute Gasteiger partial charge is 0.372 e. The van der Waals surface area contributed by atoms with E-state index in [1.54, 1.807) is 0 Å². The van der Waals surface area contributed by atoms with Crippen LogP contribution in [-0.2, 0) is 0 Å². The minimum atomic E-state index is 0.454. The lowest BCUT2D eigenvalue weighted by atomic mass is 10.2. The van der Waals surface area contributed by atoms with Crippen molar-refractivity contribution in [1.29, 1.82) is 0 Å². The Balaban J connectivity index is 2.56. The molecular weight excluding hydrogens is 226 g/mol. The van der Waals surface area contributed by atoms with Gasteiger partial charge >= 0.3 is 0 Å². The summed E-state index contributed by atoms with van der Waals surface area (Å²) in [5.41, 5.74) is 0.913. The number of rotatable bonds is 5. The highest BCUT2D eigenvalue weighted by Gasteiger charge is 2.17. The number of fused-ring (bicyclic) bond motifs is 1. The van der Waals surface area contributed by atoms with Crippen LogP contribution in [0.4, 0.5) is 11.6 Å². The fourth-order valence-electron chi connectivity index (χ4n) is 2.12. The molecule has 0 fully saturated rings. The van der Waals surface area contributed by atoms with Crippen LogP contribution >= 0.6 is 0 Å². The molecule has 0 saturated carbocycles. The van der Waals surface area contributed by atoms with E-state index in [0.29, 0.717) is 6.04 Å². The fourth-order valence-corrected chi connectivity index (χ4v) is 2.12. The zero-order valence-corrected chi connectivity index (χ0v) is 11.5. The lowest BCUT2D eigenvalue weighted by molar-refractivity contribution is 0.623. The molecule has 0 aliphatic rings. The minimum absolute atomic E-state index is 0.454. The summed E-state index contributed by atoms with van der Waals surface area (Å²) in [5.74, 6) is 1.81. The molecule has 0 aromatic carbocycles. The van der Waals surface area contributed by atoms with Crippen molar-refractivity contribution in [3.63, 3.8) is 0 Å². The van der Waals surface area contributed by atoms with Crippen LogP contribution in [0, 0.1) is 0 Å². The SMILES string of the molecule is CCC(C)N(CC)c1nc(NC)cn2ccnc12. The first-order valence-corrected chi connectivity index (χ1v) is 6.49. The fraction of sp³-hybridized carbons (Fsp3) is 0.538. The van der Waals surface area contributed by atoms with Crippen molar-refractivity contribution in [2.75, 3.05) is 23.8 Å². The van der Waals surface area contributed by atoms with Crippen molar-refractivity contribution in [2.24, 2.45) is 0 Å². The first-order valence-electron chi connectivity index (χ1n) is 6.49. The number of anilines is 2. The summed E-state index contributed by atoms with van der Waals surface area (Å²) in [4.78, 5) is 11.4. The normalized spacial score (nSPS) is 12.7. The van der Waals surface area contributed by atoms with Crippen molar-refractivity contribution in [1.82, 2.24) is 14.4 Å². The van der Waals surface area contributed by atoms with Gasteiger partial charge in [0.25, 0.3) is 0 Å². The highest BCUT2D eigenvalue weighted by molar-refractivity contribution is 5.67. The Morgan fingerprint density at radius 2 is 2.22 bits per heavy atom. The first kappa shape index (κ1) is 12.7. The van der Waals surface area contributed by atoms with Crippen molar-refractivity contribution in [3.8, 4) is 0 Å². The predicted molar refractivity (Wildman–Crippen MR) is 75.3 cm³/mol. The summed E-state index contributed by atoms with van der Waals surface area (Å²) in [6, 6.07) is 0.454. The maximum atomic E-state index is 4.66. The summed E-state index contributed by atoms with van der Waals surface area (Å²) < 4.78 is 2.01. The Morgan fingerprint density at radius 1 is 1.44 bits per heavy atom. The molecule has 0 saturated heterocycles. The topological polar surface area (TPSA) is 45.5 Å². The second-order valence-corrected chi connectivity index (χ2v) is 4.40. The highest BCUT2D eigenvalue weighted by Crippen LogP contribution is 2.23. The van der Waals surface area contributed by atoms with E-state index in [-0.39, 0.29) is 0 Å². The average Bonchev–Trinajstić information content (AvgIpc) is 2.87. The van der Waals surface area contributed by atoms with Gasteiger partial charge in [-0.25, -0.2) is 9.97 Å². The molecule has 0 aliphatic heterocycles. The lowest BCUT2D eigenvalue weighted by Crippen LogP contribution is -2.33. The lowest BCUT2D eigenvalue weighted by Gasteiger charge is -2.28. The molecule has 0 amide bonds. The molecule has 1 N–H and O–H groups in total. The van der Waals surface area contributed by atoms with Crippen LogP contribution in [-0.4, -0.2) is 34.0 Å². The molecule has 0 spiro atoms. The molecule has 2 aromatic rings. The van der Waals surface area contributed by atoms with Crippen LogP contribution < -0.4 is 10.2 Å². The quantitative estimate of drug-likeness (QED) is 0.881. The van der Waals surface area contributed by atoms with Gasteiger partial charge in [0.2, 0.25) is 0 Å². The van der Waals surface area contributed by atoms with Gasteiger partial charge in [0.05, 0.1) is 6.20 Å². The number of imidazole rings is 1. The summed E-state index contributed by atoms with van der Waals surface area (Å²) in [7, 11) is 1.88. The van der Waals surface area contributed by atoms with Crippen molar-refractivity contribution in [2.45, 2.75) is 33.2 Å². The molecule has 2 aromatic heterocycles. The van der Waals surface area contributed by atoms with Gasteiger partial charge in [-0.15, -0.1) is 0 Å². The van der Waals surface area contributed by atoms with Gasteiger partial charge in [-0.3, -0.25) is 0 Å². The molecule has 0 aliphatic carbocycles.